The van der Waals surface area contributed by atoms with Crippen LogP contribution in [-0.4, -0.2) is 40.3 Å². The molecule has 1 amide bonds. The van der Waals surface area contributed by atoms with E-state index in [-0.39, 0.29) is 18.9 Å². The molecule has 144 valence electrons. The second-order valence-electron chi connectivity index (χ2n) is 7.38. The Morgan fingerprint density at radius 1 is 1.12 bits per heavy atom. The van der Waals surface area contributed by atoms with E-state index in [0.29, 0.717) is 12.0 Å². The first kappa shape index (κ1) is 20.1. The molecule has 2 rings (SSSR count). The maximum Gasteiger partial charge on any atom is 0.416 e. The number of carboxylic acids is 1. The number of carboxylic acid groups (broad SMARTS) is 1. The van der Waals surface area contributed by atoms with E-state index in [1.54, 1.807) is 20.8 Å². The number of hydrogen-bond acceptors (Lipinski definition) is 3. The monoisotopic (exact) mass is 373 g/mol. The molecule has 0 aromatic heterocycles. The van der Waals surface area contributed by atoms with Crippen LogP contribution in [0.15, 0.2) is 24.3 Å². The molecule has 1 aromatic rings. The molecular formula is C18H22F3NO4. The summed E-state index contributed by atoms with van der Waals surface area (Å²) in [6.45, 7) is 5.12. The zero-order valence-electron chi connectivity index (χ0n) is 14.8. The van der Waals surface area contributed by atoms with Crippen molar-refractivity contribution in [2.45, 2.75) is 57.3 Å². The number of alkyl halides is 3. The van der Waals surface area contributed by atoms with Gasteiger partial charge in [0.05, 0.1) is 5.56 Å². The SMILES string of the molecule is CC(C)(C)OC(=O)N1CC(c2ccc(C(F)(F)F)cc2)CC[C@H]1C(=O)O. The summed E-state index contributed by atoms with van der Waals surface area (Å²) in [6.07, 6.45) is -4.48. The molecule has 1 heterocycles. The van der Waals surface area contributed by atoms with Gasteiger partial charge in [0.15, 0.2) is 0 Å². The van der Waals surface area contributed by atoms with Gasteiger partial charge in [0.25, 0.3) is 0 Å². The summed E-state index contributed by atoms with van der Waals surface area (Å²) in [6, 6.07) is 3.74. The third-order valence-electron chi connectivity index (χ3n) is 4.20. The molecule has 0 saturated carbocycles. The highest BCUT2D eigenvalue weighted by molar-refractivity contribution is 5.80. The van der Waals surface area contributed by atoms with Crippen molar-refractivity contribution in [2.24, 2.45) is 0 Å². The van der Waals surface area contributed by atoms with Crippen LogP contribution < -0.4 is 0 Å². The third kappa shape index (κ3) is 4.89. The average molecular weight is 373 g/mol. The van der Waals surface area contributed by atoms with Gasteiger partial charge in [-0.25, -0.2) is 9.59 Å². The van der Waals surface area contributed by atoms with Gasteiger partial charge in [-0.05, 0) is 51.3 Å². The van der Waals surface area contributed by atoms with E-state index in [1.807, 2.05) is 0 Å². The minimum absolute atomic E-state index is 0.0806. The predicted molar refractivity (Wildman–Crippen MR) is 87.8 cm³/mol. The first-order chi connectivity index (χ1) is 11.9. The maximum absolute atomic E-state index is 12.7. The summed E-state index contributed by atoms with van der Waals surface area (Å²) in [5, 5.41) is 9.36. The van der Waals surface area contributed by atoms with Gasteiger partial charge in [0.2, 0.25) is 0 Å². The highest BCUT2D eigenvalue weighted by Gasteiger charge is 2.39. The molecule has 5 nitrogen and oxygen atoms in total. The maximum atomic E-state index is 12.7. The minimum atomic E-state index is -4.41. The van der Waals surface area contributed by atoms with Gasteiger partial charge in [-0.15, -0.1) is 0 Å². The van der Waals surface area contributed by atoms with E-state index in [1.165, 1.54) is 12.1 Å². The molecule has 1 aromatic carbocycles. The van der Waals surface area contributed by atoms with Gasteiger partial charge in [-0.2, -0.15) is 13.2 Å². The van der Waals surface area contributed by atoms with Crippen molar-refractivity contribution in [1.29, 1.82) is 0 Å². The Morgan fingerprint density at radius 2 is 1.69 bits per heavy atom. The fourth-order valence-corrected chi connectivity index (χ4v) is 2.97. The summed E-state index contributed by atoms with van der Waals surface area (Å²) in [5.74, 6) is -1.37. The third-order valence-corrected chi connectivity index (χ3v) is 4.20. The van der Waals surface area contributed by atoms with Crippen molar-refractivity contribution in [2.75, 3.05) is 6.54 Å². The van der Waals surface area contributed by atoms with Crippen molar-refractivity contribution in [1.82, 2.24) is 4.90 Å². The normalized spacial score (nSPS) is 21.4. The first-order valence-corrected chi connectivity index (χ1v) is 8.28. The molecule has 2 atom stereocenters. The Morgan fingerprint density at radius 3 is 2.15 bits per heavy atom. The van der Waals surface area contributed by atoms with Crippen LogP contribution in [0.3, 0.4) is 0 Å². The zero-order chi connectivity index (χ0) is 19.7. The number of nitrogens with zero attached hydrogens (tertiary/aromatic N) is 1. The second kappa shape index (κ2) is 7.17. The summed E-state index contributed by atoms with van der Waals surface area (Å²) >= 11 is 0. The van der Waals surface area contributed by atoms with Crippen LogP contribution in [0.25, 0.3) is 0 Å². The number of ether oxygens (including phenoxy) is 1. The molecule has 0 bridgehead atoms. The summed E-state index contributed by atoms with van der Waals surface area (Å²) in [5.41, 5.74) is -0.888. The summed E-state index contributed by atoms with van der Waals surface area (Å²) in [4.78, 5) is 25.0. The van der Waals surface area contributed by atoms with Gasteiger partial charge in [0, 0.05) is 12.5 Å². The minimum Gasteiger partial charge on any atom is -0.480 e. The molecule has 1 unspecified atom stereocenters. The standard InChI is InChI=1S/C18H22F3NO4/c1-17(2,3)26-16(25)22-10-12(6-9-14(22)15(23)24)11-4-7-13(8-5-11)18(19,20)21/h4-5,7-8,12,14H,6,9-10H2,1-3H3,(H,23,24)/t12?,14-/m0/s1. The smallest absolute Gasteiger partial charge is 0.416 e. The van der Waals surface area contributed by atoms with Crippen LogP contribution in [-0.2, 0) is 15.7 Å². The van der Waals surface area contributed by atoms with Crippen molar-refractivity contribution in [3.63, 3.8) is 0 Å². The lowest BCUT2D eigenvalue weighted by Crippen LogP contribution is -2.51. The molecule has 1 aliphatic rings. The molecule has 1 aliphatic heterocycles. The van der Waals surface area contributed by atoms with E-state index >= 15 is 0 Å². The number of piperidine rings is 1. The number of hydrogen-bond donors (Lipinski definition) is 1. The number of halogens is 3. The van der Waals surface area contributed by atoms with Gasteiger partial charge >= 0.3 is 18.2 Å². The van der Waals surface area contributed by atoms with E-state index < -0.39 is 35.4 Å². The number of carbonyl (C=O) groups excluding carboxylic acids is 1. The Kier molecular flexibility index (Phi) is 5.53. The molecular weight excluding hydrogens is 351 g/mol. The number of carbonyl (C=O) groups is 2. The van der Waals surface area contributed by atoms with Gasteiger partial charge in [0.1, 0.15) is 11.6 Å². The van der Waals surface area contributed by atoms with Crippen LogP contribution in [0, 0.1) is 0 Å². The quantitative estimate of drug-likeness (QED) is 0.841. The fraction of sp³-hybridized carbons (Fsp3) is 0.556. The molecule has 1 fully saturated rings. The number of aliphatic carboxylic acids is 1. The van der Waals surface area contributed by atoms with Crippen LogP contribution in [0.5, 0.6) is 0 Å². The lowest BCUT2D eigenvalue weighted by Gasteiger charge is -2.38. The highest BCUT2D eigenvalue weighted by atomic mass is 19.4. The zero-order valence-corrected chi connectivity index (χ0v) is 14.8. The molecule has 26 heavy (non-hydrogen) atoms. The van der Waals surface area contributed by atoms with Crippen LogP contribution >= 0.6 is 0 Å². The predicted octanol–water partition coefficient (Wildman–Crippen LogP) is 4.27. The lowest BCUT2D eigenvalue weighted by molar-refractivity contribution is -0.144. The number of rotatable bonds is 2. The van der Waals surface area contributed by atoms with Gasteiger partial charge in [-0.1, -0.05) is 12.1 Å². The van der Waals surface area contributed by atoms with Crippen molar-refractivity contribution < 1.29 is 32.6 Å². The number of benzene rings is 1. The van der Waals surface area contributed by atoms with E-state index in [9.17, 15) is 27.9 Å². The topological polar surface area (TPSA) is 66.8 Å². The number of likely N-dealkylation sites (tertiary alicyclic amines) is 1. The Labute approximate surface area is 149 Å². The van der Waals surface area contributed by atoms with Crippen LogP contribution in [0.1, 0.15) is 50.7 Å². The largest absolute Gasteiger partial charge is 0.480 e. The Hall–Kier alpha value is -2.25. The van der Waals surface area contributed by atoms with Crippen LogP contribution in [0.4, 0.5) is 18.0 Å². The second-order valence-corrected chi connectivity index (χ2v) is 7.38. The summed E-state index contributed by atoms with van der Waals surface area (Å²) in [7, 11) is 0. The Balaban J connectivity index is 2.20. The number of amides is 1. The van der Waals surface area contributed by atoms with Crippen molar-refractivity contribution in [3.8, 4) is 0 Å². The molecule has 0 spiro atoms. The molecule has 0 radical (unpaired) electrons. The Bertz CT molecular complexity index is 664. The van der Waals surface area contributed by atoms with Gasteiger partial charge in [-0.3, -0.25) is 4.90 Å². The van der Waals surface area contributed by atoms with Gasteiger partial charge < -0.3 is 9.84 Å². The summed E-state index contributed by atoms with van der Waals surface area (Å²) < 4.78 is 43.4. The van der Waals surface area contributed by atoms with Crippen molar-refractivity contribution in [3.05, 3.63) is 35.4 Å². The van der Waals surface area contributed by atoms with E-state index in [2.05, 4.69) is 0 Å². The van der Waals surface area contributed by atoms with E-state index in [4.69, 9.17) is 4.74 Å². The molecule has 8 heteroatoms. The molecule has 0 aliphatic carbocycles. The lowest BCUT2D eigenvalue weighted by atomic mass is 9.87. The average Bonchev–Trinajstić information content (AvgIpc) is 2.52. The first-order valence-electron chi connectivity index (χ1n) is 8.28. The van der Waals surface area contributed by atoms with Crippen LogP contribution in [0.2, 0.25) is 0 Å². The molecule has 1 N–H and O–H groups in total. The highest BCUT2D eigenvalue weighted by Crippen LogP contribution is 2.34. The molecule has 1 saturated heterocycles. The van der Waals surface area contributed by atoms with E-state index in [0.717, 1.165) is 17.0 Å². The van der Waals surface area contributed by atoms with Crippen molar-refractivity contribution >= 4 is 12.1 Å². The fourth-order valence-electron chi connectivity index (χ4n) is 2.97.